The normalized spacial score (nSPS) is 11.1. The van der Waals surface area contributed by atoms with Gasteiger partial charge >= 0.3 is 0 Å². The molecule has 0 bridgehead atoms. The van der Waals surface area contributed by atoms with E-state index in [4.69, 9.17) is 0 Å². The Labute approximate surface area is 138 Å². The lowest BCUT2D eigenvalue weighted by Gasteiger charge is -2.07. The van der Waals surface area contributed by atoms with Crippen molar-refractivity contribution in [3.05, 3.63) is 54.5 Å². The molecule has 0 aliphatic rings. The second-order valence-corrected chi connectivity index (χ2v) is 5.52. The Morgan fingerprint density at radius 2 is 2.08 bits per heavy atom. The van der Waals surface area contributed by atoms with Crippen LogP contribution in [0.2, 0.25) is 0 Å². The number of rotatable bonds is 4. The third-order valence-electron chi connectivity index (χ3n) is 3.78. The molecule has 4 aromatic heterocycles. The highest BCUT2D eigenvalue weighted by molar-refractivity contribution is 5.62. The fraction of sp³-hybridized carbons (Fsp3) is 0.188. The van der Waals surface area contributed by atoms with E-state index in [1.807, 2.05) is 42.9 Å². The zero-order chi connectivity index (χ0) is 16.5. The van der Waals surface area contributed by atoms with Crippen LogP contribution in [0.1, 0.15) is 11.4 Å². The van der Waals surface area contributed by atoms with Crippen molar-refractivity contribution in [2.24, 2.45) is 7.05 Å². The SMILES string of the molecule is Cc1nnc2c(NCc3ccnc(-c4cnn(C)c4)c3)nccn12. The second kappa shape index (κ2) is 5.73. The van der Waals surface area contributed by atoms with Crippen LogP contribution in [-0.4, -0.2) is 34.3 Å². The molecular formula is C16H16N8. The molecule has 8 nitrogen and oxygen atoms in total. The number of anilines is 1. The summed E-state index contributed by atoms with van der Waals surface area (Å²) in [7, 11) is 1.89. The summed E-state index contributed by atoms with van der Waals surface area (Å²) in [5.41, 5.74) is 3.71. The molecule has 1 N–H and O–H groups in total. The van der Waals surface area contributed by atoms with E-state index in [1.54, 1.807) is 23.3 Å². The van der Waals surface area contributed by atoms with Gasteiger partial charge in [-0.05, 0) is 24.6 Å². The molecule has 4 rings (SSSR count). The topological polar surface area (TPSA) is 85.8 Å². The maximum Gasteiger partial charge on any atom is 0.203 e. The van der Waals surface area contributed by atoms with E-state index < -0.39 is 0 Å². The quantitative estimate of drug-likeness (QED) is 0.617. The van der Waals surface area contributed by atoms with Crippen LogP contribution in [0.25, 0.3) is 16.9 Å². The largest absolute Gasteiger partial charge is 0.363 e. The van der Waals surface area contributed by atoms with Gasteiger partial charge in [-0.1, -0.05) is 0 Å². The fourth-order valence-corrected chi connectivity index (χ4v) is 2.55. The summed E-state index contributed by atoms with van der Waals surface area (Å²) in [4.78, 5) is 8.76. The first-order valence-corrected chi connectivity index (χ1v) is 7.55. The van der Waals surface area contributed by atoms with Crippen LogP contribution in [0.3, 0.4) is 0 Å². The smallest absolute Gasteiger partial charge is 0.203 e. The minimum atomic E-state index is 0.619. The Morgan fingerprint density at radius 1 is 1.17 bits per heavy atom. The van der Waals surface area contributed by atoms with E-state index in [0.29, 0.717) is 12.4 Å². The average Bonchev–Trinajstić information content (AvgIpc) is 3.20. The van der Waals surface area contributed by atoms with Crippen LogP contribution in [0.5, 0.6) is 0 Å². The van der Waals surface area contributed by atoms with Gasteiger partial charge in [-0.2, -0.15) is 5.10 Å². The van der Waals surface area contributed by atoms with Crippen molar-refractivity contribution in [1.29, 1.82) is 0 Å². The maximum atomic E-state index is 4.41. The monoisotopic (exact) mass is 320 g/mol. The third kappa shape index (κ3) is 2.58. The summed E-state index contributed by atoms with van der Waals surface area (Å²) in [6, 6.07) is 4.02. The molecule has 0 spiro atoms. The van der Waals surface area contributed by atoms with E-state index in [-0.39, 0.29) is 0 Å². The predicted molar refractivity (Wildman–Crippen MR) is 89.3 cm³/mol. The molecule has 4 heterocycles. The highest BCUT2D eigenvalue weighted by Gasteiger charge is 2.08. The molecule has 0 amide bonds. The molecule has 0 fully saturated rings. The first-order chi connectivity index (χ1) is 11.7. The van der Waals surface area contributed by atoms with E-state index in [0.717, 1.165) is 28.3 Å². The predicted octanol–water partition coefficient (Wildman–Crippen LogP) is 1.84. The maximum absolute atomic E-state index is 4.41. The number of hydrogen-bond acceptors (Lipinski definition) is 6. The van der Waals surface area contributed by atoms with Crippen LogP contribution < -0.4 is 5.32 Å². The van der Waals surface area contributed by atoms with Crippen molar-refractivity contribution >= 4 is 11.5 Å². The van der Waals surface area contributed by atoms with Crippen molar-refractivity contribution < 1.29 is 0 Å². The summed E-state index contributed by atoms with van der Waals surface area (Å²) < 4.78 is 3.67. The Bertz CT molecular complexity index is 1000. The molecule has 0 unspecified atom stereocenters. The fourth-order valence-electron chi connectivity index (χ4n) is 2.55. The van der Waals surface area contributed by atoms with Gasteiger partial charge < -0.3 is 5.32 Å². The highest BCUT2D eigenvalue weighted by Crippen LogP contribution is 2.18. The van der Waals surface area contributed by atoms with Crippen LogP contribution in [-0.2, 0) is 13.6 Å². The first kappa shape index (κ1) is 14.3. The molecule has 0 radical (unpaired) electrons. The number of nitrogens with one attached hydrogen (secondary N) is 1. The zero-order valence-corrected chi connectivity index (χ0v) is 13.4. The Kier molecular flexibility index (Phi) is 3.42. The molecule has 24 heavy (non-hydrogen) atoms. The molecule has 0 aliphatic carbocycles. The first-order valence-electron chi connectivity index (χ1n) is 7.55. The van der Waals surface area contributed by atoms with Gasteiger partial charge in [0.1, 0.15) is 5.82 Å². The lowest BCUT2D eigenvalue weighted by atomic mass is 10.1. The Morgan fingerprint density at radius 3 is 2.92 bits per heavy atom. The van der Waals surface area contributed by atoms with Gasteiger partial charge in [0.2, 0.25) is 5.65 Å². The van der Waals surface area contributed by atoms with Crippen LogP contribution in [0.15, 0.2) is 43.1 Å². The minimum Gasteiger partial charge on any atom is -0.363 e. The Hall–Kier alpha value is -3.29. The molecule has 0 aliphatic heterocycles. The molecular weight excluding hydrogens is 304 g/mol. The van der Waals surface area contributed by atoms with Gasteiger partial charge in [-0.3, -0.25) is 14.1 Å². The number of hydrogen-bond donors (Lipinski definition) is 1. The van der Waals surface area contributed by atoms with Gasteiger partial charge in [0.05, 0.1) is 11.9 Å². The van der Waals surface area contributed by atoms with Gasteiger partial charge in [0.25, 0.3) is 0 Å². The highest BCUT2D eigenvalue weighted by atomic mass is 15.3. The van der Waals surface area contributed by atoms with Crippen molar-refractivity contribution in [3.8, 4) is 11.3 Å². The lowest BCUT2D eigenvalue weighted by molar-refractivity contribution is 0.768. The summed E-state index contributed by atoms with van der Waals surface area (Å²) in [6.45, 7) is 2.53. The molecule has 4 aromatic rings. The van der Waals surface area contributed by atoms with E-state index in [1.165, 1.54) is 0 Å². The van der Waals surface area contributed by atoms with Gasteiger partial charge in [0, 0.05) is 43.9 Å². The molecule has 120 valence electrons. The third-order valence-corrected chi connectivity index (χ3v) is 3.78. The molecule has 8 heteroatoms. The van der Waals surface area contributed by atoms with E-state index in [9.17, 15) is 0 Å². The van der Waals surface area contributed by atoms with Gasteiger partial charge in [0.15, 0.2) is 5.82 Å². The lowest BCUT2D eigenvalue weighted by Crippen LogP contribution is -2.04. The molecule has 0 aromatic carbocycles. The Balaban J connectivity index is 1.57. The van der Waals surface area contributed by atoms with E-state index >= 15 is 0 Å². The summed E-state index contributed by atoms with van der Waals surface area (Å²) in [6.07, 6.45) is 9.14. The van der Waals surface area contributed by atoms with Crippen LogP contribution in [0, 0.1) is 6.92 Å². The van der Waals surface area contributed by atoms with Gasteiger partial charge in [-0.15, -0.1) is 10.2 Å². The number of fused-ring (bicyclic) bond motifs is 1. The van der Waals surface area contributed by atoms with Crippen molar-refractivity contribution in [1.82, 2.24) is 34.3 Å². The molecule has 0 saturated heterocycles. The number of nitrogens with zero attached hydrogens (tertiary/aromatic N) is 7. The number of aryl methyl sites for hydroxylation is 2. The second-order valence-electron chi connectivity index (χ2n) is 5.52. The number of aromatic nitrogens is 7. The molecule has 0 atom stereocenters. The molecule has 0 saturated carbocycles. The summed E-state index contributed by atoms with van der Waals surface area (Å²) in [5, 5.41) is 15.7. The van der Waals surface area contributed by atoms with Crippen LogP contribution >= 0.6 is 0 Å². The minimum absolute atomic E-state index is 0.619. The number of pyridine rings is 1. The average molecular weight is 320 g/mol. The van der Waals surface area contributed by atoms with Crippen molar-refractivity contribution in [3.63, 3.8) is 0 Å². The standard InChI is InChI=1S/C16H16N8/c1-11-21-22-16-15(18-5-6-24(11)16)19-8-12-3-4-17-14(7-12)13-9-20-23(2)10-13/h3-7,9-10H,8H2,1-2H3,(H,18,19). The summed E-state index contributed by atoms with van der Waals surface area (Å²) in [5.74, 6) is 1.54. The van der Waals surface area contributed by atoms with Gasteiger partial charge in [-0.25, -0.2) is 4.98 Å². The van der Waals surface area contributed by atoms with E-state index in [2.05, 4.69) is 30.6 Å². The van der Waals surface area contributed by atoms with Crippen molar-refractivity contribution in [2.75, 3.05) is 5.32 Å². The summed E-state index contributed by atoms with van der Waals surface area (Å²) >= 11 is 0. The van der Waals surface area contributed by atoms with Crippen LogP contribution in [0.4, 0.5) is 5.82 Å². The zero-order valence-electron chi connectivity index (χ0n) is 13.4. The van der Waals surface area contributed by atoms with Crippen molar-refractivity contribution in [2.45, 2.75) is 13.5 Å².